The van der Waals surface area contributed by atoms with Gasteiger partial charge in [-0.3, -0.25) is 9.48 Å². The third-order valence-corrected chi connectivity index (χ3v) is 6.69. The molecule has 2 heterocycles. The number of alkyl halides is 3. The third-order valence-electron chi connectivity index (χ3n) is 4.88. The van der Waals surface area contributed by atoms with Gasteiger partial charge in [0.15, 0.2) is 15.5 Å². The second kappa shape index (κ2) is 9.40. The van der Waals surface area contributed by atoms with E-state index in [2.05, 4.69) is 10.1 Å². The van der Waals surface area contributed by atoms with Gasteiger partial charge in [-0.2, -0.15) is 18.3 Å². The lowest BCUT2D eigenvalue weighted by atomic mass is 10.1. The normalized spacial score (nSPS) is 12.2. The van der Waals surface area contributed by atoms with Crippen LogP contribution in [0.3, 0.4) is 0 Å². The van der Waals surface area contributed by atoms with Gasteiger partial charge in [0, 0.05) is 5.69 Å². The Labute approximate surface area is 187 Å². The largest absolute Gasteiger partial charge is 0.465 e. The number of halogens is 3. The van der Waals surface area contributed by atoms with Gasteiger partial charge in [-0.05, 0) is 42.3 Å². The highest BCUT2D eigenvalue weighted by atomic mass is 32.2. The summed E-state index contributed by atoms with van der Waals surface area (Å²) in [5.74, 6) is -0.900. The maximum atomic E-state index is 13.2. The van der Waals surface area contributed by atoms with Gasteiger partial charge in [0.1, 0.15) is 6.54 Å². The molecule has 2 N–H and O–H groups in total. The number of ether oxygens (including phenoxy) is 1. The molecule has 1 aromatic carbocycles. The highest BCUT2D eigenvalue weighted by molar-refractivity contribution is 7.91. The molecule has 0 bridgehead atoms. The Morgan fingerprint density at radius 2 is 1.85 bits per heavy atom. The molecule has 0 atom stereocenters. The first-order valence-corrected chi connectivity index (χ1v) is 11.6. The van der Waals surface area contributed by atoms with Crippen LogP contribution in [0.1, 0.15) is 25.1 Å². The number of carbonyl (C=O) groups is 1. The monoisotopic (exact) mass is 485 g/mol. The number of nitrogens with one attached hydrogen (secondary N) is 1. The fraction of sp³-hybridized carbons (Fsp3) is 0.333. The molecule has 0 radical (unpaired) electrons. The van der Waals surface area contributed by atoms with E-state index >= 15 is 0 Å². The molecule has 0 amide bonds. The quantitative estimate of drug-likeness (QED) is 0.473. The van der Waals surface area contributed by atoms with Crippen LogP contribution in [0.2, 0.25) is 0 Å². The average Bonchev–Trinajstić information content (AvgIpc) is 3.40. The van der Waals surface area contributed by atoms with Gasteiger partial charge in [-0.15, -0.1) is 0 Å². The van der Waals surface area contributed by atoms with Gasteiger partial charge >= 0.3 is 12.1 Å². The molecule has 0 aliphatic carbocycles. The maximum absolute atomic E-state index is 13.2. The van der Waals surface area contributed by atoms with Crippen molar-refractivity contribution in [1.82, 2.24) is 14.8 Å². The minimum Gasteiger partial charge on any atom is -0.465 e. The Bertz CT molecular complexity index is 1260. The van der Waals surface area contributed by atoms with E-state index in [1.165, 1.54) is 25.1 Å². The first-order chi connectivity index (χ1) is 15.5. The van der Waals surface area contributed by atoms with Gasteiger partial charge in [-0.1, -0.05) is 19.1 Å². The van der Waals surface area contributed by atoms with E-state index in [-0.39, 0.29) is 34.2 Å². The van der Waals surface area contributed by atoms with Crippen LogP contribution >= 0.6 is 0 Å². The highest BCUT2D eigenvalue weighted by Gasteiger charge is 2.35. The SMILES string of the molecule is CCOC(=O)Cn1nc(C(F)(F)F)cc1-c1ccc(-c2ccc(CO)c(S(=O)(=O)CC)c2)[nH]1. The molecule has 0 saturated heterocycles. The topological polar surface area (TPSA) is 114 Å². The fourth-order valence-electron chi connectivity index (χ4n) is 3.23. The van der Waals surface area contributed by atoms with Gasteiger partial charge < -0.3 is 14.8 Å². The predicted molar refractivity (Wildman–Crippen MR) is 113 cm³/mol. The van der Waals surface area contributed by atoms with Crippen molar-refractivity contribution in [2.75, 3.05) is 12.4 Å². The molecule has 2 aromatic heterocycles. The molecule has 0 saturated carbocycles. The van der Waals surface area contributed by atoms with E-state index in [1.54, 1.807) is 19.1 Å². The van der Waals surface area contributed by atoms with Crippen LogP contribution in [0.4, 0.5) is 13.2 Å². The lowest BCUT2D eigenvalue weighted by Gasteiger charge is -2.10. The second-order valence-corrected chi connectivity index (χ2v) is 9.29. The smallest absolute Gasteiger partial charge is 0.435 e. The maximum Gasteiger partial charge on any atom is 0.435 e. The van der Waals surface area contributed by atoms with Crippen LogP contribution in [0.15, 0.2) is 41.3 Å². The zero-order valence-corrected chi connectivity index (χ0v) is 18.6. The number of rotatable bonds is 8. The van der Waals surface area contributed by atoms with Gasteiger partial charge in [0.2, 0.25) is 0 Å². The Hall–Kier alpha value is -3.12. The van der Waals surface area contributed by atoms with Crippen molar-refractivity contribution in [3.05, 3.63) is 47.7 Å². The zero-order chi connectivity index (χ0) is 24.4. The number of carbonyl (C=O) groups excluding carboxylic acids is 1. The van der Waals surface area contributed by atoms with Crippen molar-refractivity contribution >= 4 is 15.8 Å². The Morgan fingerprint density at radius 1 is 1.15 bits per heavy atom. The first-order valence-electron chi connectivity index (χ1n) is 9.97. The minimum absolute atomic E-state index is 0.00927. The fourth-order valence-corrected chi connectivity index (χ4v) is 4.38. The van der Waals surface area contributed by atoms with Crippen LogP contribution in [-0.2, 0) is 38.7 Å². The third kappa shape index (κ3) is 5.28. The summed E-state index contributed by atoms with van der Waals surface area (Å²) in [5.41, 5.74) is 0.215. The molecule has 0 aliphatic heterocycles. The number of sulfone groups is 1. The number of hydrogen-bond donors (Lipinski definition) is 2. The van der Waals surface area contributed by atoms with Gasteiger partial charge in [0.25, 0.3) is 0 Å². The summed E-state index contributed by atoms with van der Waals surface area (Å²) >= 11 is 0. The second-order valence-electron chi connectivity index (χ2n) is 7.04. The van der Waals surface area contributed by atoms with E-state index in [0.29, 0.717) is 11.3 Å². The van der Waals surface area contributed by atoms with Crippen LogP contribution in [0.5, 0.6) is 0 Å². The van der Waals surface area contributed by atoms with Crippen molar-refractivity contribution in [2.45, 2.75) is 38.1 Å². The molecular weight excluding hydrogens is 463 g/mol. The summed E-state index contributed by atoms with van der Waals surface area (Å²) in [6, 6.07) is 8.36. The molecule has 0 unspecified atom stereocenters. The van der Waals surface area contributed by atoms with E-state index in [4.69, 9.17) is 4.74 Å². The molecule has 0 aliphatic rings. The van der Waals surface area contributed by atoms with E-state index in [0.717, 1.165) is 10.7 Å². The van der Waals surface area contributed by atoms with Crippen molar-refractivity contribution in [3.63, 3.8) is 0 Å². The summed E-state index contributed by atoms with van der Waals surface area (Å²) in [5, 5.41) is 13.0. The molecule has 33 heavy (non-hydrogen) atoms. The lowest BCUT2D eigenvalue weighted by Crippen LogP contribution is -2.16. The van der Waals surface area contributed by atoms with Crippen molar-refractivity contribution in [2.24, 2.45) is 0 Å². The molecule has 3 rings (SSSR count). The van der Waals surface area contributed by atoms with E-state index in [1.807, 2.05) is 0 Å². The Kier molecular flexibility index (Phi) is 6.98. The lowest BCUT2D eigenvalue weighted by molar-refractivity contribution is -0.146. The molecule has 3 aromatic rings. The first kappa shape index (κ1) is 24.5. The number of nitrogens with zero attached hydrogens (tertiary/aromatic N) is 2. The Morgan fingerprint density at radius 3 is 2.45 bits per heavy atom. The highest BCUT2D eigenvalue weighted by Crippen LogP contribution is 2.33. The van der Waals surface area contributed by atoms with Crippen LogP contribution in [-0.4, -0.2) is 46.6 Å². The van der Waals surface area contributed by atoms with Gasteiger partial charge in [0.05, 0.1) is 35.2 Å². The van der Waals surface area contributed by atoms with Crippen LogP contribution < -0.4 is 0 Å². The van der Waals surface area contributed by atoms with Crippen molar-refractivity contribution in [3.8, 4) is 22.6 Å². The molecule has 0 fully saturated rings. The summed E-state index contributed by atoms with van der Waals surface area (Å²) in [4.78, 5) is 14.8. The van der Waals surface area contributed by atoms with Crippen molar-refractivity contribution < 1.29 is 36.2 Å². The number of hydrogen-bond acceptors (Lipinski definition) is 6. The number of aliphatic hydroxyl groups excluding tert-OH is 1. The van der Waals surface area contributed by atoms with E-state index in [9.17, 15) is 31.5 Å². The molecule has 8 nitrogen and oxygen atoms in total. The van der Waals surface area contributed by atoms with Crippen molar-refractivity contribution in [1.29, 1.82) is 0 Å². The number of aromatic amines is 1. The predicted octanol–water partition coefficient (Wildman–Crippen LogP) is 3.41. The number of esters is 1. The Balaban J connectivity index is 2.05. The number of aliphatic hydroxyl groups is 1. The molecule has 0 spiro atoms. The van der Waals surface area contributed by atoms with Gasteiger partial charge in [-0.25, -0.2) is 8.42 Å². The minimum atomic E-state index is -4.71. The number of aromatic nitrogens is 3. The molecule has 12 heteroatoms. The molecular formula is C21H22F3N3O5S. The molecule has 178 valence electrons. The zero-order valence-electron chi connectivity index (χ0n) is 17.8. The average molecular weight is 485 g/mol. The summed E-state index contributed by atoms with van der Waals surface area (Å²) in [7, 11) is -3.62. The van der Waals surface area contributed by atoms with Crippen LogP contribution in [0, 0.1) is 0 Å². The summed E-state index contributed by atoms with van der Waals surface area (Å²) < 4.78 is 70.2. The summed E-state index contributed by atoms with van der Waals surface area (Å²) in [6.45, 7) is 2.16. The standard InChI is InChI=1S/C21H22F3N3O5S/c1-3-32-20(29)11-27-17(10-19(26-27)21(22,23)24)16-8-7-15(25-16)13-5-6-14(12-28)18(9-13)33(30,31)4-2/h5-10,25,28H,3-4,11-12H2,1-2H3. The van der Waals surface area contributed by atoms with E-state index < -0.39 is 40.8 Å². The number of H-pyrrole nitrogens is 1. The number of benzene rings is 1. The summed E-state index contributed by atoms with van der Waals surface area (Å²) in [6.07, 6.45) is -4.71. The van der Waals surface area contributed by atoms with Crippen LogP contribution in [0.25, 0.3) is 22.6 Å².